The summed E-state index contributed by atoms with van der Waals surface area (Å²) in [4.78, 5) is 16.7. The number of hydrogen-bond acceptors (Lipinski definition) is 5. The Bertz CT molecular complexity index is 1010. The van der Waals surface area contributed by atoms with E-state index in [4.69, 9.17) is 4.74 Å². The van der Waals surface area contributed by atoms with Crippen LogP contribution in [0, 0.1) is 5.82 Å². The summed E-state index contributed by atoms with van der Waals surface area (Å²) in [5, 5.41) is 2.66. The Morgan fingerprint density at radius 1 is 1.07 bits per heavy atom. The first-order valence-corrected chi connectivity index (χ1v) is 11.2. The predicted molar refractivity (Wildman–Crippen MR) is 113 cm³/mol. The number of ether oxygens (including phenoxy) is 1. The van der Waals surface area contributed by atoms with E-state index in [1.807, 2.05) is 0 Å². The third kappa shape index (κ3) is 6.03. The van der Waals surface area contributed by atoms with Gasteiger partial charge in [-0.05, 0) is 68.3 Å². The number of carbonyl (C=O) groups excluding carboxylic acids is 1. The first-order valence-electron chi connectivity index (χ1n) is 9.73. The van der Waals surface area contributed by atoms with Crippen LogP contribution < -0.4 is 14.8 Å². The van der Waals surface area contributed by atoms with Crippen LogP contribution in [0.2, 0.25) is 0 Å². The van der Waals surface area contributed by atoms with Crippen molar-refractivity contribution in [2.75, 3.05) is 11.9 Å². The number of nitrogens with one attached hydrogen (secondary N) is 2. The minimum absolute atomic E-state index is 0.0862. The number of carbonyl (C=O) groups is 1. The van der Waals surface area contributed by atoms with E-state index in [-0.39, 0.29) is 4.90 Å². The van der Waals surface area contributed by atoms with Crippen LogP contribution in [0.4, 0.5) is 10.1 Å². The van der Waals surface area contributed by atoms with Gasteiger partial charge < -0.3 is 10.1 Å². The van der Waals surface area contributed by atoms with E-state index in [0.717, 1.165) is 19.3 Å². The number of nitrogens with zero attached hydrogens (tertiary/aromatic N) is 1. The smallest absolute Gasteiger partial charge is 0.265 e. The van der Waals surface area contributed by atoms with Crippen molar-refractivity contribution < 1.29 is 22.3 Å². The number of benzene rings is 2. The van der Waals surface area contributed by atoms with Crippen LogP contribution in [0.3, 0.4) is 0 Å². The van der Waals surface area contributed by atoms with Gasteiger partial charge in [0.2, 0.25) is 0 Å². The fourth-order valence-electron chi connectivity index (χ4n) is 2.90. The summed E-state index contributed by atoms with van der Waals surface area (Å²) in [5.74, 6) is 0.0422. The Morgan fingerprint density at radius 2 is 1.77 bits per heavy atom. The van der Waals surface area contributed by atoms with Gasteiger partial charge in [-0.15, -0.1) is 0 Å². The molecule has 0 saturated heterocycles. The average Bonchev–Trinajstić information content (AvgIpc) is 2.98. The number of rotatable bonds is 6. The fraction of sp³-hybridized carbons (Fsp3) is 0.333. The summed E-state index contributed by atoms with van der Waals surface area (Å²) < 4.78 is 46.1. The standard InChI is InChI=1S/C21H24FN3O4S/c1-15(29-18-10-6-16(22)7-11-18)21(26)24-17-8-12-19(13-9-17)30(27,28)25-20-5-3-2-4-14-23-20/h6-13,15H,2-5,14H2,1H3,(H,23,25)(H,24,26)/t15-/m0/s1. The van der Waals surface area contributed by atoms with Crippen LogP contribution in [-0.2, 0) is 14.8 Å². The lowest BCUT2D eigenvalue weighted by Crippen LogP contribution is -2.31. The molecule has 0 fully saturated rings. The highest BCUT2D eigenvalue weighted by Gasteiger charge is 2.18. The van der Waals surface area contributed by atoms with Gasteiger partial charge in [-0.25, -0.2) is 12.8 Å². The molecule has 7 nitrogen and oxygen atoms in total. The van der Waals surface area contributed by atoms with Crippen molar-refractivity contribution in [2.24, 2.45) is 4.99 Å². The van der Waals surface area contributed by atoms with Gasteiger partial charge in [0.25, 0.3) is 15.9 Å². The van der Waals surface area contributed by atoms with Gasteiger partial charge >= 0.3 is 0 Å². The molecule has 1 atom stereocenters. The van der Waals surface area contributed by atoms with Crippen molar-refractivity contribution in [1.82, 2.24) is 4.72 Å². The van der Waals surface area contributed by atoms with E-state index in [1.165, 1.54) is 48.5 Å². The largest absolute Gasteiger partial charge is 0.481 e. The molecule has 0 aliphatic carbocycles. The monoisotopic (exact) mass is 433 g/mol. The average molecular weight is 434 g/mol. The molecule has 0 aromatic heterocycles. The molecule has 1 heterocycles. The van der Waals surface area contributed by atoms with Gasteiger partial charge in [-0.1, -0.05) is 6.42 Å². The van der Waals surface area contributed by atoms with E-state index in [0.29, 0.717) is 30.2 Å². The molecular weight excluding hydrogens is 409 g/mol. The molecule has 0 saturated carbocycles. The molecule has 0 spiro atoms. The maximum absolute atomic E-state index is 12.9. The van der Waals surface area contributed by atoms with E-state index in [9.17, 15) is 17.6 Å². The molecular formula is C21H24FN3O4S. The minimum Gasteiger partial charge on any atom is -0.481 e. The SMILES string of the molecule is C[C@H](Oc1ccc(F)cc1)C(=O)Nc1ccc(S(=O)(=O)NC2=NCCCCC2)cc1. The minimum atomic E-state index is -3.73. The van der Waals surface area contributed by atoms with Crippen LogP contribution in [0.5, 0.6) is 5.75 Å². The van der Waals surface area contributed by atoms with E-state index in [2.05, 4.69) is 15.0 Å². The molecule has 0 bridgehead atoms. The van der Waals surface area contributed by atoms with Gasteiger partial charge in [0, 0.05) is 18.7 Å². The van der Waals surface area contributed by atoms with Crippen LogP contribution in [-0.4, -0.2) is 32.8 Å². The molecule has 3 rings (SSSR count). The van der Waals surface area contributed by atoms with Crippen molar-refractivity contribution in [3.8, 4) is 5.75 Å². The number of amides is 1. The maximum atomic E-state index is 12.9. The Labute approximate surface area is 175 Å². The van der Waals surface area contributed by atoms with Crippen molar-refractivity contribution >= 4 is 27.5 Å². The molecule has 2 aromatic carbocycles. The summed E-state index contributed by atoms with van der Waals surface area (Å²) in [5.41, 5.74) is 0.431. The number of hydrogen-bond donors (Lipinski definition) is 2. The third-order valence-corrected chi connectivity index (χ3v) is 5.95. The summed E-state index contributed by atoms with van der Waals surface area (Å²) in [6, 6.07) is 11.2. The van der Waals surface area contributed by atoms with Crippen LogP contribution in [0.15, 0.2) is 58.4 Å². The number of anilines is 1. The number of sulfonamides is 1. The fourth-order valence-corrected chi connectivity index (χ4v) is 3.99. The zero-order chi connectivity index (χ0) is 21.6. The molecule has 2 N–H and O–H groups in total. The van der Waals surface area contributed by atoms with Crippen LogP contribution in [0.25, 0.3) is 0 Å². The summed E-state index contributed by atoms with van der Waals surface area (Å²) in [6.07, 6.45) is 2.69. The van der Waals surface area contributed by atoms with Crippen molar-refractivity contribution in [3.63, 3.8) is 0 Å². The molecule has 1 amide bonds. The lowest BCUT2D eigenvalue weighted by atomic mass is 10.2. The van der Waals surface area contributed by atoms with Crippen molar-refractivity contribution in [2.45, 2.75) is 43.6 Å². The third-order valence-electron chi connectivity index (χ3n) is 4.55. The van der Waals surface area contributed by atoms with Gasteiger partial charge in [0.1, 0.15) is 17.4 Å². The van der Waals surface area contributed by atoms with E-state index < -0.39 is 27.9 Å². The lowest BCUT2D eigenvalue weighted by molar-refractivity contribution is -0.122. The quantitative estimate of drug-likeness (QED) is 0.729. The maximum Gasteiger partial charge on any atom is 0.265 e. The highest BCUT2D eigenvalue weighted by Crippen LogP contribution is 2.17. The van der Waals surface area contributed by atoms with Crippen molar-refractivity contribution in [3.05, 3.63) is 54.3 Å². The summed E-state index contributed by atoms with van der Waals surface area (Å²) in [7, 11) is -3.73. The molecule has 9 heteroatoms. The molecule has 0 radical (unpaired) electrons. The second-order valence-corrected chi connectivity index (χ2v) is 8.65. The Kier molecular flexibility index (Phi) is 7.04. The number of aliphatic imine (C=N–C) groups is 1. The summed E-state index contributed by atoms with van der Waals surface area (Å²) >= 11 is 0. The topological polar surface area (TPSA) is 96.9 Å². The molecule has 2 aromatic rings. The highest BCUT2D eigenvalue weighted by atomic mass is 32.2. The molecule has 0 unspecified atom stereocenters. The highest BCUT2D eigenvalue weighted by molar-refractivity contribution is 7.90. The Morgan fingerprint density at radius 3 is 2.47 bits per heavy atom. The Hall–Kier alpha value is -2.94. The van der Waals surface area contributed by atoms with Gasteiger partial charge in [0.15, 0.2) is 6.10 Å². The molecule has 1 aliphatic rings. The Balaban J connectivity index is 1.59. The summed E-state index contributed by atoms with van der Waals surface area (Å²) in [6.45, 7) is 2.19. The molecule has 30 heavy (non-hydrogen) atoms. The number of amidine groups is 1. The zero-order valence-electron chi connectivity index (χ0n) is 16.6. The normalized spacial score (nSPS) is 15.5. The van der Waals surface area contributed by atoms with Gasteiger partial charge in [-0.2, -0.15) is 0 Å². The van der Waals surface area contributed by atoms with Crippen LogP contribution >= 0.6 is 0 Å². The second kappa shape index (κ2) is 9.71. The molecule has 1 aliphatic heterocycles. The van der Waals surface area contributed by atoms with E-state index in [1.54, 1.807) is 6.92 Å². The second-order valence-electron chi connectivity index (χ2n) is 6.97. The van der Waals surface area contributed by atoms with Crippen molar-refractivity contribution in [1.29, 1.82) is 0 Å². The first-order chi connectivity index (χ1) is 14.3. The van der Waals surface area contributed by atoms with Gasteiger partial charge in [-0.3, -0.25) is 14.5 Å². The van der Waals surface area contributed by atoms with Crippen LogP contribution in [0.1, 0.15) is 32.6 Å². The zero-order valence-corrected chi connectivity index (χ0v) is 17.4. The number of halogens is 1. The first kappa shape index (κ1) is 21.8. The lowest BCUT2D eigenvalue weighted by Gasteiger charge is -2.15. The van der Waals surface area contributed by atoms with Gasteiger partial charge in [0.05, 0.1) is 4.90 Å². The molecule has 160 valence electrons. The van der Waals surface area contributed by atoms with E-state index >= 15 is 0 Å². The predicted octanol–water partition coefficient (Wildman–Crippen LogP) is 3.48.